The molecule has 0 bridgehead atoms. The molecule has 1 aromatic rings. The first-order chi connectivity index (χ1) is 9.78. The molecule has 0 spiro atoms. The van der Waals surface area contributed by atoms with Crippen molar-refractivity contribution in [3.8, 4) is 0 Å². The molecule has 3 rings (SSSR count). The van der Waals surface area contributed by atoms with Crippen molar-refractivity contribution in [3.05, 3.63) is 35.4 Å². The fourth-order valence-corrected chi connectivity index (χ4v) is 2.88. The zero-order valence-corrected chi connectivity index (χ0v) is 11.4. The molecule has 2 heterocycles. The summed E-state index contributed by atoms with van der Waals surface area (Å²) in [6, 6.07) is 8.06. The van der Waals surface area contributed by atoms with E-state index < -0.39 is 0 Å². The van der Waals surface area contributed by atoms with Crippen LogP contribution in [0, 0.1) is 0 Å². The number of nitrogens with zero attached hydrogens (tertiary/aromatic N) is 1. The number of hydrogen-bond donors (Lipinski definition) is 2. The van der Waals surface area contributed by atoms with E-state index in [4.69, 9.17) is 9.84 Å². The maximum absolute atomic E-state index is 12.6. The summed E-state index contributed by atoms with van der Waals surface area (Å²) in [7, 11) is 0. The average molecular weight is 276 g/mol. The molecule has 2 atom stereocenters. The molecule has 0 aliphatic carbocycles. The Balaban J connectivity index is 1.67. The number of morpholine rings is 1. The van der Waals surface area contributed by atoms with Gasteiger partial charge in [0.25, 0.3) is 0 Å². The molecule has 1 unspecified atom stereocenters. The van der Waals surface area contributed by atoms with Crippen molar-refractivity contribution in [2.24, 2.45) is 0 Å². The predicted molar refractivity (Wildman–Crippen MR) is 74.2 cm³/mol. The van der Waals surface area contributed by atoms with Gasteiger partial charge in [-0.15, -0.1) is 0 Å². The topological polar surface area (TPSA) is 61.8 Å². The number of nitrogens with one attached hydrogen (secondary N) is 1. The van der Waals surface area contributed by atoms with Gasteiger partial charge in [0.2, 0.25) is 5.91 Å². The molecule has 5 heteroatoms. The van der Waals surface area contributed by atoms with Gasteiger partial charge in [-0.05, 0) is 17.5 Å². The second kappa shape index (κ2) is 5.91. The van der Waals surface area contributed by atoms with Crippen LogP contribution in [0.25, 0.3) is 0 Å². The minimum atomic E-state index is -0.247. The number of amides is 1. The first-order valence-corrected chi connectivity index (χ1v) is 7.09. The van der Waals surface area contributed by atoms with E-state index in [0.717, 1.165) is 13.0 Å². The zero-order valence-electron chi connectivity index (χ0n) is 11.4. The van der Waals surface area contributed by atoms with E-state index in [1.54, 1.807) is 4.90 Å². The second-order valence-electron chi connectivity index (χ2n) is 5.37. The highest BCUT2D eigenvalue weighted by molar-refractivity contribution is 5.82. The Bertz CT molecular complexity index is 492. The van der Waals surface area contributed by atoms with Crippen LogP contribution in [0.4, 0.5) is 0 Å². The van der Waals surface area contributed by atoms with E-state index in [1.165, 1.54) is 11.1 Å². The van der Waals surface area contributed by atoms with Crippen LogP contribution in [0.5, 0.6) is 0 Å². The van der Waals surface area contributed by atoms with Gasteiger partial charge in [0.15, 0.2) is 0 Å². The standard InChI is InChI=1S/C15H20N2O3/c18-10-13-9-17(5-6-20-13)15(19)14-7-11-3-1-2-4-12(11)8-16-14/h1-4,13-14,16,18H,5-10H2/t13?,14-/m1/s1. The summed E-state index contributed by atoms with van der Waals surface area (Å²) in [5, 5.41) is 12.5. The predicted octanol–water partition coefficient (Wildman–Crippen LogP) is -0.0794. The first-order valence-electron chi connectivity index (χ1n) is 7.09. The maximum atomic E-state index is 12.6. The summed E-state index contributed by atoms with van der Waals surface area (Å²) in [4.78, 5) is 14.4. The summed E-state index contributed by atoms with van der Waals surface area (Å²) < 4.78 is 5.39. The molecular weight excluding hydrogens is 256 g/mol. The summed E-state index contributed by atoms with van der Waals surface area (Å²) >= 11 is 0. The molecule has 5 nitrogen and oxygen atoms in total. The van der Waals surface area contributed by atoms with Gasteiger partial charge in [-0.3, -0.25) is 4.79 Å². The third-order valence-corrected chi connectivity index (χ3v) is 4.03. The van der Waals surface area contributed by atoms with E-state index in [0.29, 0.717) is 19.7 Å². The number of fused-ring (bicyclic) bond motifs is 1. The molecule has 0 aromatic heterocycles. The van der Waals surface area contributed by atoms with Gasteiger partial charge in [0.05, 0.1) is 25.4 Å². The van der Waals surface area contributed by atoms with Crippen molar-refractivity contribution in [1.82, 2.24) is 10.2 Å². The SMILES string of the molecule is O=C([C@H]1Cc2ccccc2CN1)N1CCOC(CO)C1. The Kier molecular flexibility index (Phi) is 4.00. The van der Waals surface area contributed by atoms with Gasteiger partial charge in [-0.1, -0.05) is 24.3 Å². The Morgan fingerprint density at radius 2 is 2.20 bits per heavy atom. The third kappa shape index (κ3) is 2.70. The Morgan fingerprint density at radius 3 is 3.00 bits per heavy atom. The summed E-state index contributed by atoms with van der Waals surface area (Å²) in [5.41, 5.74) is 2.52. The van der Waals surface area contributed by atoms with Crippen LogP contribution >= 0.6 is 0 Å². The van der Waals surface area contributed by atoms with Crippen molar-refractivity contribution < 1.29 is 14.6 Å². The minimum absolute atomic E-state index is 0.0370. The zero-order chi connectivity index (χ0) is 13.9. The highest BCUT2D eigenvalue weighted by Crippen LogP contribution is 2.18. The molecule has 1 aromatic carbocycles. The number of carbonyl (C=O) groups excluding carboxylic acids is 1. The molecule has 1 saturated heterocycles. The first kappa shape index (κ1) is 13.5. The molecule has 2 aliphatic heterocycles. The van der Waals surface area contributed by atoms with Gasteiger partial charge < -0.3 is 20.1 Å². The Hall–Kier alpha value is -1.43. The van der Waals surface area contributed by atoms with E-state index in [1.807, 2.05) is 12.1 Å². The van der Waals surface area contributed by atoms with E-state index >= 15 is 0 Å². The van der Waals surface area contributed by atoms with Crippen LogP contribution < -0.4 is 5.32 Å². The van der Waals surface area contributed by atoms with Gasteiger partial charge in [-0.2, -0.15) is 0 Å². The van der Waals surface area contributed by atoms with E-state index in [9.17, 15) is 4.79 Å². The maximum Gasteiger partial charge on any atom is 0.240 e. The average Bonchev–Trinajstić information content (AvgIpc) is 2.53. The fraction of sp³-hybridized carbons (Fsp3) is 0.533. The lowest BCUT2D eigenvalue weighted by atomic mass is 9.95. The lowest BCUT2D eigenvalue weighted by Crippen LogP contribution is -2.54. The molecular formula is C15H20N2O3. The fourth-order valence-electron chi connectivity index (χ4n) is 2.88. The number of rotatable bonds is 2. The van der Waals surface area contributed by atoms with Crippen molar-refractivity contribution >= 4 is 5.91 Å². The number of aliphatic hydroxyl groups excluding tert-OH is 1. The molecule has 108 valence electrons. The molecule has 1 amide bonds. The third-order valence-electron chi connectivity index (χ3n) is 4.03. The number of benzene rings is 1. The summed E-state index contributed by atoms with van der Waals surface area (Å²) in [6.45, 7) is 2.29. The highest BCUT2D eigenvalue weighted by atomic mass is 16.5. The number of ether oxygens (including phenoxy) is 1. The lowest BCUT2D eigenvalue weighted by Gasteiger charge is -2.36. The molecule has 0 radical (unpaired) electrons. The van der Waals surface area contributed by atoms with Crippen molar-refractivity contribution in [1.29, 1.82) is 0 Å². The van der Waals surface area contributed by atoms with Crippen LogP contribution in [0.1, 0.15) is 11.1 Å². The van der Waals surface area contributed by atoms with Crippen molar-refractivity contribution in [3.63, 3.8) is 0 Å². The van der Waals surface area contributed by atoms with Crippen LogP contribution in [-0.4, -0.2) is 54.4 Å². The summed E-state index contributed by atoms with van der Waals surface area (Å²) in [6.07, 6.45) is 0.486. The van der Waals surface area contributed by atoms with Gasteiger partial charge in [-0.25, -0.2) is 0 Å². The van der Waals surface area contributed by atoms with Crippen LogP contribution in [0.15, 0.2) is 24.3 Å². The molecule has 2 N–H and O–H groups in total. The van der Waals surface area contributed by atoms with E-state index in [-0.39, 0.29) is 24.7 Å². The second-order valence-corrected chi connectivity index (χ2v) is 5.37. The molecule has 0 saturated carbocycles. The van der Waals surface area contributed by atoms with E-state index in [2.05, 4.69) is 17.4 Å². The minimum Gasteiger partial charge on any atom is -0.394 e. The van der Waals surface area contributed by atoms with Crippen LogP contribution in [0.3, 0.4) is 0 Å². The Labute approximate surface area is 118 Å². The van der Waals surface area contributed by atoms with Gasteiger partial charge in [0.1, 0.15) is 0 Å². The smallest absolute Gasteiger partial charge is 0.240 e. The van der Waals surface area contributed by atoms with Gasteiger partial charge in [0, 0.05) is 19.6 Å². The summed E-state index contributed by atoms with van der Waals surface area (Å²) in [5.74, 6) is 0.112. The largest absolute Gasteiger partial charge is 0.394 e. The normalized spacial score (nSPS) is 26.1. The monoisotopic (exact) mass is 276 g/mol. The van der Waals surface area contributed by atoms with Crippen LogP contribution in [-0.2, 0) is 22.5 Å². The Morgan fingerprint density at radius 1 is 1.40 bits per heavy atom. The number of hydrogen-bond acceptors (Lipinski definition) is 4. The molecule has 1 fully saturated rings. The highest BCUT2D eigenvalue weighted by Gasteiger charge is 2.31. The van der Waals surface area contributed by atoms with Crippen molar-refractivity contribution in [2.45, 2.75) is 25.1 Å². The van der Waals surface area contributed by atoms with Crippen LogP contribution in [0.2, 0.25) is 0 Å². The quantitative estimate of drug-likeness (QED) is 0.793. The number of carbonyl (C=O) groups is 1. The number of aliphatic hydroxyl groups is 1. The molecule has 20 heavy (non-hydrogen) atoms. The molecule has 2 aliphatic rings. The lowest BCUT2D eigenvalue weighted by molar-refractivity contribution is -0.142. The van der Waals surface area contributed by atoms with Crippen molar-refractivity contribution in [2.75, 3.05) is 26.3 Å². The van der Waals surface area contributed by atoms with Gasteiger partial charge >= 0.3 is 0 Å².